The highest BCUT2D eigenvalue weighted by Gasteiger charge is 2.34. The molecule has 3 aromatic carbocycles. The Balaban J connectivity index is 1.44. The van der Waals surface area contributed by atoms with Gasteiger partial charge in [-0.1, -0.05) is 71.7 Å². The molecule has 1 saturated heterocycles. The summed E-state index contributed by atoms with van der Waals surface area (Å²) < 4.78 is 5.78. The molecular formula is C24H17Cl2NO3S. The number of rotatable bonds is 6. The van der Waals surface area contributed by atoms with E-state index in [-0.39, 0.29) is 17.7 Å². The Labute approximate surface area is 194 Å². The zero-order valence-electron chi connectivity index (χ0n) is 16.3. The molecule has 0 bridgehead atoms. The Morgan fingerprint density at radius 3 is 2.35 bits per heavy atom. The molecule has 2 amide bonds. The third kappa shape index (κ3) is 5.31. The van der Waals surface area contributed by atoms with Gasteiger partial charge in [-0.25, -0.2) is 0 Å². The molecule has 1 aliphatic heterocycles. The van der Waals surface area contributed by atoms with Crippen LogP contribution in [0.5, 0.6) is 5.75 Å². The number of amides is 2. The van der Waals surface area contributed by atoms with Gasteiger partial charge in [-0.15, -0.1) is 0 Å². The van der Waals surface area contributed by atoms with Crippen molar-refractivity contribution in [1.29, 1.82) is 0 Å². The van der Waals surface area contributed by atoms with Gasteiger partial charge in [0.1, 0.15) is 12.4 Å². The summed E-state index contributed by atoms with van der Waals surface area (Å²) in [4.78, 5) is 26.6. The number of hydrogen-bond acceptors (Lipinski definition) is 4. The van der Waals surface area contributed by atoms with Crippen molar-refractivity contribution in [1.82, 2.24) is 4.90 Å². The molecule has 0 atom stereocenters. The molecule has 7 heteroatoms. The molecule has 0 unspecified atom stereocenters. The van der Waals surface area contributed by atoms with Crippen molar-refractivity contribution in [3.8, 4) is 5.75 Å². The zero-order valence-corrected chi connectivity index (χ0v) is 18.6. The average molecular weight is 470 g/mol. The molecule has 0 spiro atoms. The normalized spacial score (nSPS) is 15.0. The van der Waals surface area contributed by atoms with Crippen molar-refractivity contribution in [3.63, 3.8) is 0 Å². The van der Waals surface area contributed by atoms with Crippen LogP contribution in [-0.4, -0.2) is 16.0 Å². The van der Waals surface area contributed by atoms with Gasteiger partial charge in [0.2, 0.25) is 0 Å². The SMILES string of the molecule is O=C1S/C(=C\c2ccc(OCc3ccc(Cl)cc3)c(Cl)c2)C(=O)N1Cc1ccccc1. The Morgan fingerprint density at radius 1 is 0.903 bits per heavy atom. The lowest BCUT2D eigenvalue weighted by atomic mass is 10.2. The van der Waals surface area contributed by atoms with Crippen LogP contribution in [0.1, 0.15) is 16.7 Å². The summed E-state index contributed by atoms with van der Waals surface area (Å²) in [6.07, 6.45) is 1.67. The van der Waals surface area contributed by atoms with Crippen LogP contribution in [0.25, 0.3) is 6.08 Å². The molecule has 156 valence electrons. The fourth-order valence-electron chi connectivity index (χ4n) is 3.02. The first kappa shape index (κ1) is 21.5. The van der Waals surface area contributed by atoms with E-state index in [4.69, 9.17) is 27.9 Å². The van der Waals surface area contributed by atoms with E-state index in [9.17, 15) is 9.59 Å². The molecule has 4 rings (SSSR count). The number of hydrogen-bond donors (Lipinski definition) is 0. The second kappa shape index (κ2) is 9.60. The van der Waals surface area contributed by atoms with Crippen LogP contribution in [0.2, 0.25) is 10.0 Å². The summed E-state index contributed by atoms with van der Waals surface area (Å²) in [6, 6.07) is 22.1. The van der Waals surface area contributed by atoms with Crippen molar-refractivity contribution < 1.29 is 14.3 Å². The third-order valence-corrected chi connectivity index (χ3v) is 6.07. The largest absolute Gasteiger partial charge is 0.487 e. The van der Waals surface area contributed by atoms with E-state index in [1.807, 2.05) is 42.5 Å². The number of carbonyl (C=O) groups is 2. The predicted octanol–water partition coefficient (Wildman–Crippen LogP) is 6.81. The molecular weight excluding hydrogens is 453 g/mol. The van der Waals surface area contributed by atoms with Gasteiger partial charge in [-0.2, -0.15) is 0 Å². The molecule has 1 fully saturated rings. The van der Waals surface area contributed by atoms with Gasteiger partial charge in [-0.3, -0.25) is 14.5 Å². The summed E-state index contributed by atoms with van der Waals surface area (Å²) >= 11 is 13.2. The van der Waals surface area contributed by atoms with Crippen LogP contribution in [0.4, 0.5) is 4.79 Å². The first-order valence-corrected chi connectivity index (χ1v) is 11.0. The van der Waals surface area contributed by atoms with Crippen molar-refractivity contribution >= 4 is 52.2 Å². The second-order valence-electron chi connectivity index (χ2n) is 6.86. The average Bonchev–Trinajstić information content (AvgIpc) is 3.02. The molecule has 1 aliphatic rings. The summed E-state index contributed by atoms with van der Waals surface area (Å²) in [5.74, 6) is 0.226. The van der Waals surface area contributed by atoms with Crippen molar-refractivity contribution in [2.75, 3.05) is 0 Å². The number of ether oxygens (including phenoxy) is 1. The van der Waals surface area contributed by atoms with Gasteiger partial charge in [0, 0.05) is 5.02 Å². The van der Waals surface area contributed by atoms with Crippen LogP contribution in [0.3, 0.4) is 0 Å². The van der Waals surface area contributed by atoms with Crippen LogP contribution >= 0.6 is 35.0 Å². The lowest BCUT2D eigenvalue weighted by Crippen LogP contribution is -2.27. The van der Waals surface area contributed by atoms with E-state index in [1.165, 1.54) is 4.90 Å². The number of thioether (sulfide) groups is 1. The highest BCUT2D eigenvalue weighted by Crippen LogP contribution is 2.34. The monoisotopic (exact) mass is 469 g/mol. The van der Waals surface area contributed by atoms with E-state index in [0.29, 0.717) is 32.9 Å². The molecule has 0 radical (unpaired) electrons. The molecule has 4 nitrogen and oxygen atoms in total. The standard InChI is InChI=1S/C24H17Cl2NO3S/c25-19-9-6-17(7-10-19)15-30-21-11-8-18(12-20(21)26)13-22-23(28)27(24(29)31-22)14-16-4-2-1-3-5-16/h1-13H,14-15H2/b22-13-. The van der Waals surface area contributed by atoms with E-state index in [1.54, 1.807) is 36.4 Å². The zero-order chi connectivity index (χ0) is 21.8. The van der Waals surface area contributed by atoms with Crippen LogP contribution < -0.4 is 4.74 Å². The van der Waals surface area contributed by atoms with Crippen LogP contribution in [-0.2, 0) is 17.9 Å². The minimum Gasteiger partial charge on any atom is -0.487 e. The van der Waals surface area contributed by atoms with Gasteiger partial charge in [0.15, 0.2) is 0 Å². The number of nitrogens with zero attached hydrogens (tertiary/aromatic N) is 1. The van der Waals surface area contributed by atoms with Crippen LogP contribution in [0, 0.1) is 0 Å². The van der Waals surface area contributed by atoms with E-state index < -0.39 is 0 Å². The maximum absolute atomic E-state index is 12.7. The fourth-order valence-corrected chi connectivity index (χ4v) is 4.23. The molecule has 1 heterocycles. The summed E-state index contributed by atoms with van der Waals surface area (Å²) in [6.45, 7) is 0.607. The van der Waals surface area contributed by atoms with Gasteiger partial charge >= 0.3 is 0 Å². The number of imide groups is 1. The summed E-state index contributed by atoms with van der Waals surface area (Å²) in [5.41, 5.74) is 2.59. The Kier molecular flexibility index (Phi) is 6.66. The van der Waals surface area contributed by atoms with Gasteiger partial charge in [0.05, 0.1) is 16.5 Å². The van der Waals surface area contributed by atoms with Crippen molar-refractivity contribution in [3.05, 3.63) is 104 Å². The van der Waals surface area contributed by atoms with Crippen molar-refractivity contribution in [2.45, 2.75) is 13.2 Å². The molecule has 31 heavy (non-hydrogen) atoms. The number of benzene rings is 3. The summed E-state index contributed by atoms with van der Waals surface area (Å²) in [7, 11) is 0. The fraction of sp³-hybridized carbons (Fsp3) is 0.0833. The number of carbonyl (C=O) groups excluding carboxylic acids is 2. The predicted molar refractivity (Wildman–Crippen MR) is 125 cm³/mol. The molecule has 3 aromatic rings. The first-order valence-electron chi connectivity index (χ1n) is 9.46. The van der Waals surface area contributed by atoms with E-state index in [2.05, 4.69) is 0 Å². The van der Waals surface area contributed by atoms with E-state index in [0.717, 1.165) is 22.9 Å². The van der Waals surface area contributed by atoms with Crippen LogP contribution in [0.15, 0.2) is 77.7 Å². The summed E-state index contributed by atoms with van der Waals surface area (Å²) in [5, 5.41) is 0.805. The highest BCUT2D eigenvalue weighted by molar-refractivity contribution is 8.18. The Bertz CT molecular complexity index is 1150. The lowest BCUT2D eigenvalue weighted by Gasteiger charge is -2.12. The quantitative estimate of drug-likeness (QED) is 0.372. The first-order chi connectivity index (χ1) is 15.0. The maximum Gasteiger partial charge on any atom is 0.293 e. The van der Waals surface area contributed by atoms with Gasteiger partial charge in [-0.05, 0) is 58.8 Å². The maximum atomic E-state index is 12.7. The van der Waals surface area contributed by atoms with Gasteiger partial charge < -0.3 is 4.74 Å². The number of halogens is 2. The Morgan fingerprint density at radius 2 is 1.65 bits per heavy atom. The smallest absolute Gasteiger partial charge is 0.293 e. The lowest BCUT2D eigenvalue weighted by molar-refractivity contribution is -0.123. The minimum absolute atomic E-state index is 0.251. The Hall–Kier alpha value is -2.73. The second-order valence-corrected chi connectivity index (χ2v) is 8.70. The van der Waals surface area contributed by atoms with E-state index >= 15 is 0 Å². The minimum atomic E-state index is -0.307. The molecule has 0 aromatic heterocycles. The topological polar surface area (TPSA) is 46.6 Å². The molecule has 0 aliphatic carbocycles. The molecule has 0 saturated carbocycles. The van der Waals surface area contributed by atoms with Crippen molar-refractivity contribution in [2.24, 2.45) is 0 Å². The van der Waals surface area contributed by atoms with Gasteiger partial charge in [0.25, 0.3) is 11.1 Å². The molecule has 0 N–H and O–H groups in total. The highest BCUT2D eigenvalue weighted by atomic mass is 35.5. The third-order valence-electron chi connectivity index (χ3n) is 4.62.